The number of para-hydroxylation sites is 1. The predicted molar refractivity (Wildman–Crippen MR) is 128 cm³/mol. The number of nitrogens with zero attached hydrogens (tertiary/aromatic N) is 3. The number of rotatable bonds is 7. The molecule has 176 valence electrons. The number of β-amino-alcohol motifs (C(OH)–C–C–N with tert-alkyl or cyclic N) is 1. The lowest BCUT2D eigenvalue weighted by molar-refractivity contribution is -0.123. The van der Waals surface area contributed by atoms with E-state index in [1.54, 1.807) is 19.2 Å². The van der Waals surface area contributed by atoms with Crippen LogP contribution in [0.3, 0.4) is 0 Å². The SMILES string of the molecule is COCCNC(=O)C[C@H]1CN(C2=Nc3cc(Cl)ccc3Oc3ccccc32)CCN1CCO. The Labute approximate surface area is 198 Å². The van der Waals surface area contributed by atoms with Crippen LogP contribution in [-0.4, -0.2) is 85.7 Å². The van der Waals surface area contributed by atoms with Crippen molar-refractivity contribution < 1.29 is 19.4 Å². The van der Waals surface area contributed by atoms with E-state index in [0.717, 1.165) is 17.1 Å². The Hall–Kier alpha value is -2.65. The molecule has 1 saturated heterocycles. The molecule has 0 aromatic heterocycles. The Morgan fingerprint density at radius 2 is 2.12 bits per heavy atom. The summed E-state index contributed by atoms with van der Waals surface area (Å²) in [6.45, 7) is 3.53. The highest BCUT2D eigenvalue weighted by atomic mass is 35.5. The summed E-state index contributed by atoms with van der Waals surface area (Å²) in [6, 6.07) is 13.2. The number of fused-ring (bicyclic) bond motifs is 2. The maximum atomic E-state index is 12.5. The number of aliphatic hydroxyl groups is 1. The van der Waals surface area contributed by atoms with E-state index in [0.29, 0.717) is 62.2 Å². The molecule has 2 heterocycles. The van der Waals surface area contributed by atoms with Crippen molar-refractivity contribution in [3.63, 3.8) is 0 Å². The largest absolute Gasteiger partial charge is 0.454 e. The highest BCUT2D eigenvalue weighted by molar-refractivity contribution is 6.31. The number of methoxy groups -OCH3 is 1. The molecule has 2 aliphatic heterocycles. The number of carbonyl (C=O) groups is 1. The van der Waals surface area contributed by atoms with Crippen molar-refractivity contribution in [2.75, 3.05) is 53.0 Å². The minimum Gasteiger partial charge on any atom is -0.454 e. The van der Waals surface area contributed by atoms with Gasteiger partial charge in [0.25, 0.3) is 0 Å². The van der Waals surface area contributed by atoms with Gasteiger partial charge in [-0.05, 0) is 30.3 Å². The molecule has 1 atom stereocenters. The van der Waals surface area contributed by atoms with Gasteiger partial charge < -0.3 is 24.8 Å². The van der Waals surface area contributed by atoms with E-state index in [9.17, 15) is 9.90 Å². The molecule has 0 aliphatic carbocycles. The van der Waals surface area contributed by atoms with Gasteiger partial charge in [-0.2, -0.15) is 0 Å². The molecule has 1 fully saturated rings. The fraction of sp³-hybridized carbons (Fsp3) is 0.417. The number of hydrogen-bond donors (Lipinski definition) is 2. The van der Waals surface area contributed by atoms with E-state index in [1.165, 1.54) is 0 Å². The van der Waals surface area contributed by atoms with Crippen molar-refractivity contribution in [2.24, 2.45) is 4.99 Å². The van der Waals surface area contributed by atoms with Gasteiger partial charge in [0, 0.05) is 57.3 Å². The van der Waals surface area contributed by atoms with Crippen LogP contribution in [0.1, 0.15) is 12.0 Å². The minimum absolute atomic E-state index is 0.0366. The normalized spacial score (nSPS) is 18.0. The van der Waals surface area contributed by atoms with E-state index >= 15 is 0 Å². The standard InChI is InChI=1S/C24H29ClN4O4/c1-32-13-8-26-23(31)15-18-16-29(10-9-28(18)11-12-30)24-19-4-2-3-5-21(19)33-22-7-6-17(25)14-20(22)27-24/h2-7,14,18,30H,8-13,15-16H2,1H3,(H,26,31)/t18-/m0/s1. The van der Waals surface area contributed by atoms with E-state index in [4.69, 9.17) is 26.1 Å². The molecule has 8 nitrogen and oxygen atoms in total. The van der Waals surface area contributed by atoms with Crippen LogP contribution >= 0.6 is 11.6 Å². The number of aliphatic imine (C=N–C) groups is 1. The molecule has 9 heteroatoms. The first-order valence-electron chi connectivity index (χ1n) is 11.1. The second kappa shape index (κ2) is 11.0. The van der Waals surface area contributed by atoms with Gasteiger partial charge in [0.1, 0.15) is 17.3 Å². The molecule has 1 amide bonds. The topological polar surface area (TPSA) is 86.6 Å². The summed E-state index contributed by atoms with van der Waals surface area (Å²) in [5, 5.41) is 13.0. The van der Waals surface area contributed by atoms with Crippen LogP contribution in [0, 0.1) is 0 Å². The predicted octanol–water partition coefficient (Wildman–Crippen LogP) is 2.66. The molecule has 33 heavy (non-hydrogen) atoms. The Morgan fingerprint density at radius 1 is 1.27 bits per heavy atom. The molecule has 4 rings (SSSR count). The molecule has 2 aromatic carbocycles. The Kier molecular flexibility index (Phi) is 7.82. The Bertz CT molecular complexity index is 1020. The van der Waals surface area contributed by atoms with Crippen LogP contribution in [0.15, 0.2) is 47.5 Å². The fourth-order valence-electron chi connectivity index (χ4n) is 4.22. The highest BCUT2D eigenvalue weighted by Gasteiger charge is 2.32. The molecule has 2 N–H and O–H groups in total. The van der Waals surface area contributed by atoms with Gasteiger partial charge in [0.2, 0.25) is 5.91 Å². The molecule has 2 aromatic rings. The summed E-state index contributed by atoms with van der Waals surface area (Å²) in [6.07, 6.45) is 0.327. The third-order valence-electron chi connectivity index (χ3n) is 5.84. The summed E-state index contributed by atoms with van der Waals surface area (Å²) in [4.78, 5) is 21.8. The van der Waals surface area contributed by atoms with Crippen molar-refractivity contribution in [3.05, 3.63) is 53.1 Å². The zero-order valence-electron chi connectivity index (χ0n) is 18.7. The Morgan fingerprint density at radius 3 is 2.94 bits per heavy atom. The molecule has 2 aliphatic rings. The zero-order chi connectivity index (χ0) is 23.2. The van der Waals surface area contributed by atoms with Crippen molar-refractivity contribution >= 4 is 29.0 Å². The summed E-state index contributed by atoms with van der Waals surface area (Å²) in [7, 11) is 1.61. The van der Waals surface area contributed by atoms with Gasteiger partial charge in [-0.25, -0.2) is 4.99 Å². The number of hydrogen-bond acceptors (Lipinski definition) is 7. The smallest absolute Gasteiger partial charge is 0.221 e. The number of amidine groups is 1. The van der Waals surface area contributed by atoms with Crippen LogP contribution in [0.25, 0.3) is 0 Å². The lowest BCUT2D eigenvalue weighted by Crippen LogP contribution is -2.56. The zero-order valence-corrected chi connectivity index (χ0v) is 19.4. The van der Waals surface area contributed by atoms with E-state index < -0.39 is 0 Å². The van der Waals surface area contributed by atoms with Gasteiger partial charge in [-0.15, -0.1) is 0 Å². The third kappa shape index (κ3) is 5.65. The van der Waals surface area contributed by atoms with Crippen molar-refractivity contribution in [3.8, 4) is 11.5 Å². The number of carbonyl (C=O) groups excluding carboxylic acids is 1. The summed E-state index contributed by atoms with van der Waals surface area (Å²) in [5.74, 6) is 2.13. The average molecular weight is 473 g/mol. The number of aliphatic hydroxyl groups excluding tert-OH is 1. The molecule has 0 unspecified atom stereocenters. The number of amides is 1. The van der Waals surface area contributed by atoms with Gasteiger partial charge in [-0.3, -0.25) is 9.69 Å². The van der Waals surface area contributed by atoms with Gasteiger partial charge >= 0.3 is 0 Å². The lowest BCUT2D eigenvalue weighted by Gasteiger charge is -2.42. The molecule has 0 saturated carbocycles. The second-order valence-electron chi connectivity index (χ2n) is 8.05. The molecule has 0 spiro atoms. The monoisotopic (exact) mass is 472 g/mol. The quantitative estimate of drug-likeness (QED) is 0.602. The fourth-order valence-corrected chi connectivity index (χ4v) is 4.39. The maximum Gasteiger partial charge on any atom is 0.221 e. The van der Waals surface area contributed by atoms with Crippen LogP contribution in [0.4, 0.5) is 5.69 Å². The number of nitrogens with one attached hydrogen (secondary N) is 1. The van der Waals surface area contributed by atoms with Crippen LogP contribution < -0.4 is 10.1 Å². The van der Waals surface area contributed by atoms with Gasteiger partial charge in [0.15, 0.2) is 5.75 Å². The van der Waals surface area contributed by atoms with Crippen LogP contribution in [-0.2, 0) is 9.53 Å². The first-order valence-corrected chi connectivity index (χ1v) is 11.5. The number of piperazine rings is 1. The number of halogens is 1. The van der Waals surface area contributed by atoms with Crippen LogP contribution in [0.2, 0.25) is 5.02 Å². The lowest BCUT2D eigenvalue weighted by atomic mass is 10.1. The van der Waals surface area contributed by atoms with Crippen molar-refractivity contribution in [1.82, 2.24) is 15.1 Å². The van der Waals surface area contributed by atoms with E-state index in [-0.39, 0.29) is 18.6 Å². The van der Waals surface area contributed by atoms with Gasteiger partial charge in [-0.1, -0.05) is 23.7 Å². The number of benzene rings is 2. The summed E-state index contributed by atoms with van der Waals surface area (Å²) < 4.78 is 11.2. The molecule has 0 bridgehead atoms. The highest BCUT2D eigenvalue weighted by Crippen LogP contribution is 2.39. The average Bonchev–Trinajstić information content (AvgIpc) is 2.97. The van der Waals surface area contributed by atoms with Gasteiger partial charge in [0.05, 0.1) is 18.8 Å². The van der Waals surface area contributed by atoms with Crippen LogP contribution in [0.5, 0.6) is 11.5 Å². The first kappa shape index (κ1) is 23.5. The minimum atomic E-state index is -0.0636. The van der Waals surface area contributed by atoms with E-state index in [2.05, 4.69) is 15.1 Å². The Balaban J connectivity index is 1.61. The summed E-state index contributed by atoms with van der Waals surface area (Å²) in [5.41, 5.74) is 1.56. The molecular formula is C24H29ClN4O4. The number of ether oxygens (including phenoxy) is 2. The first-order chi connectivity index (χ1) is 16.1. The summed E-state index contributed by atoms with van der Waals surface area (Å²) >= 11 is 6.24. The molecule has 0 radical (unpaired) electrons. The second-order valence-corrected chi connectivity index (χ2v) is 8.49. The van der Waals surface area contributed by atoms with Crippen molar-refractivity contribution in [2.45, 2.75) is 12.5 Å². The van der Waals surface area contributed by atoms with E-state index in [1.807, 2.05) is 30.3 Å². The third-order valence-corrected chi connectivity index (χ3v) is 6.07. The molecular weight excluding hydrogens is 444 g/mol. The van der Waals surface area contributed by atoms with Crippen molar-refractivity contribution in [1.29, 1.82) is 0 Å². The maximum absolute atomic E-state index is 12.5.